The molecular weight excluding hydrogens is 236 g/mol. The van der Waals surface area contributed by atoms with Crippen molar-refractivity contribution in [2.24, 2.45) is 5.92 Å². The Labute approximate surface area is 116 Å². The van der Waals surface area contributed by atoms with Crippen LogP contribution in [0.1, 0.15) is 32.8 Å². The van der Waals surface area contributed by atoms with Crippen molar-refractivity contribution >= 4 is 5.91 Å². The lowest BCUT2D eigenvalue weighted by Crippen LogP contribution is -2.48. The number of carbonyl (C=O) groups is 1. The predicted molar refractivity (Wildman–Crippen MR) is 77.7 cm³/mol. The van der Waals surface area contributed by atoms with Gasteiger partial charge in [-0.05, 0) is 38.3 Å². The number of rotatable bonds is 4. The van der Waals surface area contributed by atoms with E-state index in [-0.39, 0.29) is 18.0 Å². The van der Waals surface area contributed by atoms with Crippen molar-refractivity contribution in [2.75, 3.05) is 6.54 Å². The second-order valence-corrected chi connectivity index (χ2v) is 5.74. The van der Waals surface area contributed by atoms with Gasteiger partial charge in [-0.25, -0.2) is 0 Å². The van der Waals surface area contributed by atoms with Gasteiger partial charge in [0.2, 0.25) is 5.91 Å². The van der Waals surface area contributed by atoms with Gasteiger partial charge in [0.05, 0.1) is 6.04 Å². The third kappa shape index (κ3) is 3.35. The van der Waals surface area contributed by atoms with E-state index in [4.69, 9.17) is 0 Å². The summed E-state index contributed by atoms with van der Waals surface area (Å²) in [5, 5.41) is 3.34. The second kappa shape index (κ2) is 6.20. The van der Waals surface area contributed by atoms with E-state index in [1.807, 2.05) is 23.1 Å². The fourth-order valence-electron chi connectivity index (χ4n) is 2.64. The first-order chi connectivity index (χ1) is 9.09. The van der Waals surface area contributed by atoms with Gasteiger partial charge < -0.3 is 10.2 Å². The Hall–Kier alpha value is -1.35. The lowest BCUT2D eigenvalue weighted by molar-refractivity contribution is -0.136. The summed E-state index contributed by atoms with van der Waals surface area (Å²) < 4.78 is 0. The van der Waals surface area contributed by atoms with Crippen molar-refractivity contribution in [1.82, 2.24) is 10.2 Å². The van der Waals surface area contributed by atoms with Gasteiger partial charge in [-0.1, -0.05) is 37.3 Å². The van der Waals surface area contributed by atoms with Gasteiger partial charge in [-0.2, -0.15) is 0 Å². The average molecular weight is 260 g/mol. The molecule has 0 aliphatic carbocycles. The van der Waals surface area contributed by atoms with Crippen LogP contribution in [-0.2, 0) is 11.3 Å². The number of amides is 1. The van der Waals surface area contributed by atoms with Crippen molar-refractivity contribution in [3.63, 3.8) is 0 Å². The van der Waals surface area contributed by atoms with Crippen LogP contribution in [0, 0.1) is 5.92 Å². The SMILES string of the molecule is CC1CCNC1C(=O)N(Cc1ccccc1)C(C)C. The van der Waals surface area contributed by atoms with Gasteiger partial charge in [0.25, 0.3) is 0 Å². The summed E-state index contributed by atoms with van der Waals surface area (Å²) in [5.41, 5.74) is 1.19. The molecule has 1 aliphatic rings. The van der Waals surface area contributed by atoms with Gasteiger partial charge in [-0.15, -0.1) is 0 Å². The average Bonchev–Trinajstić information content (AvgIpc) is 2.82. The largest absolute Gasteiger partial charge is 0.335 e. The zero-order valence-corrected chi connectivity index (χ0v) is 12.1. The molecule has 1 saturated heterocycles. The van der Waals surface area contributed by atoms with Gasteiger partial charge in [0, 0.05) is 12.6 Å². The van der Waals surface area contributed by atoms with Gasteiger partial charge in [-0.3, -0.25) is 4.79 Å². The van der Waals surface area contributed by atoms with Crippen LogP contribution in [0.15, 0.2) is 30.3 Å². The van der Waals surface area contributed by atoms with Crippen LogP contribution in [0.2, 0.25) is 0 Å². The Balaban J connectivity index is 2.09. The summed E-state index contributed by atoms with van der Waals surface area (Å²) in [6.07, 6.45) is 1.09. The molecule has 1 heterocycles. The number of nitrogens with zero attached hydrogens (tertiary/aromatic N) is 1. The number of hydrogen-bond acceptors (Lipinski definition) is 2. The normalized spacial score (nSPS) is 22.7. The van der Waals surface area contributed by atoms with Gasteiger partial charge in [0.1, 0.15) is 0 Å². The third-order valence-corrected chi connectivity index (χ3v) is 3.90. The fraction of sp³-hybridized carbons (Fsp3) is 0.562. The molecule has 3 nitrogen and oxygen atoms in total. The van der Waals surface area contributed by atoms with E-state index in [9.17, 15) is 4.79 Å². The minimum absolute atomic E-state index is 0.00823. The highest BCUT2D eigenvalue weighted by atomic mass is 16.2. The van der Waals surface area contributed by atoms with E-state index in [0.29, 0.717) is 12.5 Å². The summed E-state index contributed by atoms with van der Waals surface area (Å²) >= 11 is 0. The van der Waals surface area contributed by atoms with E-state index < -0.39 is 0 Å². The molecule has 1 N–H and O–H groups in total. The van der Waals surface area contributed by atoms with Crippen LogP contribution >= 0.6 is 0 Å². The standard InChI is InChI=1S/C16H24N2O/c1-12(2)18(11-14-7-5-4-6-8-14)16(19)15-13(3)9-10-17-15/h4-8,12-13,15,17H,9-11H2,1-3H3. The molecule has 3 heteroatoms. The van der Waals surface area contributed by atoms with Crippen LogP contribution in [0.3, 0.4) is 0 Å². The Morgan fingerprint density at radius 1 is 1.37 bits per heavy atom. The van der Waals surface area contributed by atoms with Crippen LogP contribution in [-0.4, -0.2) is 29.4 Å². The molecule has 1 aromatic carbocycles. The Morgan fingerprint density at radius 2 is 2.05 bits per heavy atom. The Morgan fingerprint density at radius 3 is 2.58 bits per heavy atom. The highest BCUT2D eigenvalue weighted by Gasteiger charge is 2.33. The quantitative estimate of drug-likeness (QED) is 0.901. The molecule has 1 fully saturated rings. The van der Waals surface area contributed by atoms with Crippen LogP contribution in [0.4, 0.5) is 0 Å². The molecule has 2 unspecified atom stereocenters. The number of benzene rings is 1. The molecular formula is C16H24N2O. The molecule has 1 amide bonds. The molecule has 2 rings (SSSR count). The van der Waals surface area contributed by atoms with E-state index >= 15 is 0 Å². The number of hydrogen-bond donors (Lipinski definition) is 1. The molecule has 0 spiro atoms. The first-order valence-corrected chi connectivity index (χ1v) is 7.17. The summed E-state index contributed by atoms with van der Waals surface area (Å²) in [6, 6.07) is 10.4. The third-order valence-electron chi connectivity index (χ3n) is 3.90. The minimum Gasteiger partial charge on any atom is -0.335 e. The van der Waals surface area contributed by atoms with E-state index in [2.05, 4.69) is 38.2 Å². The molecule has 1 aromatic rings. The highest BCUT2D eigenvalue weighted by Crippen LogP contribution is 2.19. The first-order valence-electron chi connectivity index (χ1n) is 7.17. The molecule has 0 bridgehead atoms. The van der Waals surface area contributed by atoms with Crippen LogP contribution in [0.5, 0.6) is 0 Å². The zero-order valence-electron chi connectivity index (χ0n) is 12.1. The maximum Gasteiger partial charge on any atom is 0.240 e. The van der Waals surface area contributed by atoms with Crippen molar-refractivity contribution in [3.8, 4) is 0 Å². The molecule has 2 atom stereocenters. The van der Waals surface area contributed by atoms with Crippen LogP contribution < -0.4 is 5.32 Å². The number of nitrogens with one attached hydrogen (secondary N) is 1. The van der Waals surface area contributed by atoms with Crippen molar-refractivity contribution in [2.45, 2.75) is 45.8 Å². The second-order valence-electron chi connectivity index (χ2n) is 5.74. The molecule has 0 radical (unpaired) electrons. The smallest absolute Gasteiger partial charge is 0.240 e. The van der Waals surface area contributed by atoms with Gasteiger partial charge >= 0.3 is 0 Å². The summed E-state index contributed by atoms with van der Waals surface area (Å²) in [6.45, 7) is 7.97. The first kappa shape index (κ1) is 14.1. The molecule has 104 valence electrons. The molecule has 19 heavy (non-hydrogen) atoms. The van der Waals surface area contributed by atoms with Gasteiger partial charge in [0.15, 0.2) is 0 Å². The fourth-order valence-corrected chi connectivity index (χ4v) is 2.64. The number of carbonyl (C=O) groups excluding carboxylic acids is 1. The Kier molecular flexibility index (Phi) is 4.59. The summed E-state index contributed by atoms with van der Waals surface area (Å²) in [5.74, 6) is 0.674. The highest BCUT2D eigenvalue weighted by molar-refractivity contribution is 5.82. The zero-order chi connectivity index (χ0) is 13.8. The lowest BCUT2D eigenvalue weighted by atomic mass is 10.0. The van der Waals surface area contributed by atoms with Crippen molar-refractivity contribution in [1.29, 1.82) is 0 Å². The van der Waals surface area contributed by atoms with E-state index in [0.717, 1.165) is 13.0 Å². The molecule has 0 saturated carbocycles. The molecule has 0 aromatic heterocycles. The van der Waals surface area contributed by atoms with Crippen LogP contribution in [0.25, 0.3) is 0 Å². The monoisotopic (exact) mass is 260 g/mol. The molecule has 1 aliphatic heterocycles. The summed E-state index contributed by atoms with van der Waals surface area (Å²) in [7, 11) is 0. The maximum absolute atomic E-state index is 12.7. The van der Waals surface area contributed by atoms with Crippen molar-refractivity contribution in [3.05, 3.63) is 35.9 Å². The topological polar surface area (TPSA) is 32.3 Å². The summed E-state index contributed by atoms with van der Waals surface area (Å²) in [4.78, 5) is 14.6. The lowest BCUT2D eigenvalue weighted by Gasteiger charge is -2.31. The minimum atomic E-state index is -0.00823. The Bertz CT molecular complexity index is 416. The maximum atomic E-state index is 12.7. The van der Waals surface area contributed by atoms with Crippen molar-refractivity contribution < 1.29 is 4.79 Å². The van der Waals surface area contributed by atoms with E-state index in [1.54, 1.807) is 0 Å². The van der Waals surface area contributed by atoms with E-state index in [1.165, 1.54) is 5.56 Å². The predicted octanol–water partition coefficient (Wildman–Crippen LogP) is 2.42.